The van der Waals surface area contributed by atoms with Gasteiger partial charge in [-0.3, -0.25) is 0 Å². The molecule has 2 rings (SSSR count). The summed E-state index contributed by atoms with van der Waals surface area (Å²) in [5, 5.41) is 7.36. The first kappa shape index (κ1) is 12.5. The van der Waals surface area contributed by atoms with E-state index in [1.54, 1.807) is 6.07 Å². The summed E-state index contributed by atoms with van der Waals surface area (Å²) in [7, 11) is 1.19. The van der Waals surface area contributed by atoms with Gasteiger partial charge < -0.3 is 9.15 Å². The molecule has 0 spiro atoms. The second-order valence-corrected chi connectivity index (χ2v) is 3.78. The van der Waals surface area contributed by atoms with Crippen molar-refractivity contribution < 1.29 is 18.3 Å². The van der Waals surface area contributed by atoms with Crippen molar-refractivity contribution in [1.29, 1.82) is 0 Å². The van der Waals surface area contributed by atoms with E-state index in [4.69, 9.17) is 16.0 Å². The molecule has 0 aliphatic rings. The minimum atomic E-state index is -0.742. The number of aromatic nitrogens is 2. The monoisotopic (exact) mass is 270 g/mol. The number of ether oxygens (including phenoxy) is 1. The number of rotatable bonds is 3. The maximum atomic E-state index is 13.5. The lowest BCUT2D eigenvalue weighted by molar-refractivity contribution is 0.0554. The van der Waals surface area contributed by atoms with Crippen molar-refractivity contribution in [3.8, 4) is 0 Å². The molecule has 0 radical (unpaired) electrons. The van der Waals surface area contributed by atoms with Crippen LogP contribution in [0.1, 0.15) is 22.1 Å². The van der Waals surface area contributed by atoms with Crippen LogP contribution in [-0.2, 0) is 11.2 Å². The maximum Gasteiger partial charge on any atom is 0.396 e. The van der Waals surface area contributed by atoms with Crippen LogP contribution in [0.5, 0.6) is 0 Å². The van der Waals surface area contributed by atoms with E-state index < -0.39 is 11.8 Å². The zero-order chi connectivity index (χ0) is 13.1. The molecule has 18 heavy (non-hydrogen) atoms. The molecule has 1 heterocycles. The minimum absolute atomic E-state index is 0.00943. The average molecular weight is 271 g/mol. The van der Waals surface area contributed by atoms with Gasteiger partial charge in [-0.05, 0) is 12.1 Å². The number of carbonyl (C=O) groups excluding carboxylic acids is 1. The summed E-state index contributed by atoms with van der Waals surface area (Å²) in [5.74, 6) is -1.41. The molecule has 1 aromatic carbocycles. The highest BCUT2D eigenvalue weighted by Gasteiger charge is 2.17. The van der Waals surface area contributed by atoms with E-state index in [-0.39, 0.29) is 28.8 Å². The van der Waals surface area contributed by atoms with E-state index in [0.717, 1.165) is 0 Å². The number of halogens is 2. The maximum absolute atomic E-state index is 13.5. The fraction of sp³-hybridized carbons (Fsp3) is 0.182. The number of nitrogens with zero attached hydrogens (tertiary/aromatic N) is 2. The van der Waals surface area contributed by atoms with Gasteiger partial charge in [0.25, 0.3) is 0 Å². The summed E-state index contributed by atoms with van der Waals surface area (Å²) in [6.07, 6.45) is 0.00943. The van der Waals surface area contributed by atoms with Crippen molar-refractivity contribution >= 4 is 17.6 Å². The minimum Gasteiger partial charge on any atom is -0.462 e. The van der Waals surface area contributed by atoms with Gasteiger partial charge in [-0.1, -0.05) is 17.7 Å². The molecule has 94 valence electrons. The predicted molar refractivity (Wildman–Crippen MR) is 59.9 cm³/mol. The SMILES string of the molecule is COC(=O)c1nnc(Cc2c(F)cccc2Cl)o1. The van der Waals surface area contributed by atoms with Crippen LogP contribution >= 0.6 is 11.6 Å². The second kappa shape index (κ2) is 5.14. The lowest BCUT2D eigenvalue weighted by Crippen LogP contribution is -2.00. The lowest BCUT2D eigenvalue weighted by Gasteiger charge is -2.01. The third-order valence-electron chi connectivity index (χ3n) is 2.22. The summed E-state index contributed by atoms with van der Waals surface area (Å²) < 4.78 is 22.9. The molecule has 0 atom stereocenters. The Balaban J connectivity index is 2.24. The fourth-order valence-electron chi connectivity index (χ4n) is 1.35. The number of benzene rings is 1. The Morgan fingerprint density at radius 1 is 1.50 bits per heavy atom. The van der Waals surface area contributed by atoms with Gasteiger partial charge in [0.15, 0.2) is 0 Å². The third kappa shape index (κ3) is 2.48. The van der Waals surface area contributed by atoms with Crippen LogP contribution < -0.4 is 0 Å². The van der Waals surface area contributed by atoms with Crippen molar-refractivity contribution in [3.05, 3.63) is 46.4 Å². The molecular weight excluding hydrogens is 263 g/mol. The zero-order valence-electron chi connectivity index (χ0n) is 9.31. The Morgan fingerprint density at radius 2 is 2.28 bits per heavy atom. The Bertz CT molecular complexity index is 565. The smallest absolute Gasteiger partial charge is 0.396 e. The first-order valence-electron chi connectivity index (χ1n) is 4.95. The van der Waals surface area contributed by atoms with Crippen LogP contribution in [-0.4, -0.2) is 23.3 Å². The molecule has 0 N–H and O–H groups in total. The van der Waals surface area contributed by atoms with Crippen LogP contribution in [0.3, 0.4) is 0 Å². The van der Waals surface area contributed by atoms with E-state index in [0.29, 0.717) is 0 Å². The van der Waals surface area contributed by atoms with Crippen molar-refractivity contribution in [2.45, 2.75) is 6.42 Å². The van der Waals surface area contributed by atoms with Crippen LogP contribution in [0.25, 0.3) is 0 Å². The van der Waals surface area contributed by atoms with Gasteiger partial charge in [-0.15, -0.1) is 10.2 Å². The summed E-state index contributed by atoms with van der Waals surface area (Å²) in [4.78, 5) is 11.1. The molecule has 0 saturated carbocycles. The molecule has 7 heteroatoms. The van der Waals surface area contributed by atoms with Gasteiger partial charge in [0.1, 0.15) is 5.82 Å². The Labute approximate surface area is 107 Å². The first-order valence-corrected chi connectivity index (χ1v) is 5.33. The van der Waals surface area contributed by atoms with E-state index in [1.807, 2.05) is 0 Å². The summed E-state index contributed by atoms with van der Waals surface area (Å²) >= 11 is 5.85. The van der Waals surface area contributed by atoms with Gasteiger partial charge in [-0.2, -0.15) is 0 Å². The van der Waals surface area contributed by atoms with Crippen LogP contribution in [0.4, 0.5) is 4.39 Å². The highest BCUT2D eigenvalue weighted by atomic mass is 35.5. The van der Waals surface area contributed by atoms with E-state index >= 15 is 0 Å². The molecule has 1 aromatic heterocycles. The molecule has 0 aliphatic carbocycles. The van der Waals surface area contributed by atoms with Crippen molar-refractivity contribution in [3.63, 3.8) is 0 Å². The Kier molecular flexibility index (Phi) is 3.57. The average Bonchev–Trinajstić information content (AvgIpc) is 2.81. The van der Waals surface area contributed by atoms with Gasteiger partial charge in [-0.25, -0.2) is 9.18 Å². The number of esters is 1. The summed E-state index contributed by atoms with van der Waals surface area (Å²) in [6, 6.07) is 4.32. The second-order valence-electron chi connectivity index (χ2n) is 3.37. The lowest BCUT2D eigenvalue weighted by atomic mass is 10.1. The first-order chi connectivity index (χ1) is 8.61. The normalized spacial score (nSPS) is 10.4. The van der Waals surface area contributed by atoms with Crippen LogP contribution in [0.15, 0.2) is 22.6 Å². The highest BCUT2D eigenvalue weighted by molar-refractivity contribution is 6.31. The fourth-order valence-corrected chi connectivity index (χ4v) is 1.58. The van der Waals surface area contributed by atoms with Crippen LogP contribution in [0.2, 0.25) is 5.02 Å². The number of carbonyl (C=O) groups is 1. The highest BCUT2D eigenvalue weighted by Crippen LogP contribution is 2.21. The number of hydrogen-bond acceptors (Lipinski definition) is 5. The molecular formula is C11H8ClFN2O3. The largest absolute Gasteiger partial charge is 0.462 e. The van der Waals surface area contributed by atoms with Crippen molar-refractivity contribution in [2.75, 3.05) is 7.11 Å². The molecule has 5 nitrogen and oxygen atoms in total. The standard InChI is InChI=1S/C11H8ClFN2O3/c1-17-11(16)10-15-14-9(18-10)5-6-7(12)3-2-4-8(6)13/h2-4H,5H2,1H3. The molecule has 2 aromatic rings. The molecule has 0 fully saturated rings. The molecule has 0 unspecified atom stereocenters. The van der Waals surface area contributed by atoms with Gasteiger partial charge in [0, 0.05) is 10.6 Å². The van der Waals surface area contributed by atoms with Crippen LogP contribution in [0, 0.1) is 5.82 Å². The molecule has 0 aliphatic heterocycles. The molecule has 0 saturated heterocycles. The Morgan fingerprint density at radius 3 is 2.94 bits per heavy atom. The number of methoxy groups -OCH3 is 1. The van der Waals surface area contributed by atoms with Crippen molar-refractivity contribution in [2.24, 2.45) is 0 Å². The van der Waals surface area contributed by atoms with Gasteiger partial charge >= 0.3 is 11.9 Å². The molecule has 0 bridgehead atoms. The quantitative estimate of drug-likeness (QED) is 0.800. The van der Waals surface area contributed by atoms with Crippen molar-refractivity contribution in [1.82, 2.24) is 10.2 Å². The third-order valence-corrected chi connectivity index (χ3v) is 2.57. The molecule has 0 amide bonds. The zero-order valence-corrected chi connectivity index (χ0v) is 10.1. The summed E-state index contributed by atoms with van der Waals surface area (Å²) in [6.45, 7) is 0. The van der Waals surface area contributed by atoms with Gasteiger partial charge in [0.05, 0.1) is 13.5 Å². The van der Waals surface area contributed by atoms with E-state index in [1.165, 1.54) is 19.2 Å². The predicted octanol–water partition coefficient (Wildman–Crippen LogP) is 2.24. The Hall–Kier alpha value is -1.95. The topological polar surface area (TPSA) is 65.2 Å². The van der Waals surface area contributed by atoms with E-state index in [9.17, 15) is 9.18 Å². The summed E-state index contributed by atoms with van der Waals surface area (Å²) in [5.41, 5.74) is 0.235. The van der Waals surface area contributed by atoms with Gasteiger partial charge in [0.2, 0.25) is 5.89 Å². The number of hydrogen-bond donors (Lipinski definition) is 0. The van der Waals surface area contributed by atoms with E-state index in [2.05, 4.69) is 14.9 Å².